The molecule has 1 saturated heterocycles. The number of carbonyl (C=O) groups excluding carboxylic acids is 2. The van der Waals surface area contributed by atoms with Crippen LogP contribution in [-0.4, -0.2) is 41.9 Å². The van der Waals surface area contributed by atoms with Crippen molar-refractivity contribution in [1.82, 2.24) is 9.88 Å². The molecule has 1 N–H and O–H groups in total. The van der Waals surface area contributed by atoms with E-state index in [2.05, 4.69) is 5.32 Å². The van der Waals surface area contributed by atoms with Crippen molar-refractivity contribution >= 4 is 17.5 Å². The number of anilines is 1. The van der Waals surface area contributed by atoms with Crippen LogP contribution in [0, 0.1) is 0 Å². The lowest BCUT2D eigenvalue weighted by molar-refractivity contribution is -0.131. The molecular formula is C27H29N3O3. The van der Waals surface area contributed by atoms with Gasteiger partial charge in [0.05, 0.1) is 19.2 Å². The van der Waals surface area contributed by atoms with E-state index >= 15 is 0 Å². The fraction of sp³-hybridized carbons (Fsp3) is 0.296. The Morgan fingerprint density at radius 2 is 1.88 bits per heavy atom. The lowest BCUT2D eigenvalue weighted by atomic mass is 9.93. The second kappa shape index (κ2) is 10.3. The molecule has 0 saturated carbocycles. The molecule has 2 amide bonds. The van der Waals surface area contributed by atoms with Crippen LogP contribution in [0.15, 0.2) is 66.7 Å². The molecule has 3 aromatic rings. The van der Waals surface area contributed by atoms with Crippen molar-refractivity contribution in [3.8, 4) is 17.0 Å². The van der Waals surface area contributed by atoms with E-state index in [0.717, 1.165) is 53.3 Å². The topological polar surface area (TPSA) is 71.5 Å². The van der Waals surface area contributed by atoms with Gasteiger partial charge in [-0.2, -0.15) is 0 Å². The van der Waals surface area contributed by atoms with E-state index in [1.54, 1.807) is 7.11 Å². The number of likely N-dealkylation sites (tertiary alicyclic amines) is 1. The Morgan fingerprint density at radius 3 is 2.64 bits per heavy atom. The van der Waals surface area contributed by atoms with Gasteiger partial charge in [-0.25, -0.2) is 0 Å². The molecule has 0 radical (unpaired) electrons. The Bertz CT molecular complexity index is 1130. The van der Waals surface area contributed by atoms with Crippen LogP contribution < -0.4 is 10.1 Å². The molecule has 170 valence electrons. The quantitative estimate of drug-likeness (QED) is 0.601. The normalized spacial score (nSPS) is 15.7. The Kier molecular flexibility index (Phi) is 7.03. The highest BCUT2D eigenvalue weighted by Gasteiger charge is 2.26. The van der Waals surface area contributed by atoms with Crippen molar-refractivity contribution in [1.29, 1.82) is 0 Å². The van der Waals surface area contributed by atoms with Crippen LogP contribution in [0.5, 0.6) is 5.75 Å². The standard InChI is InChI=1S/C27H29N3O3/c1-19(31)28-23-8-3-6-21(17-23)25-9-4-10-26(29-25)22-7-5-15-30(18-22)27(32)16-20-11-13-24(33-2)14-12-20/h3-4,6,8-14,17,22H,5,7,15-16,18H2,1-2H3,(H,28,31)/t22-/m1/s1. The Balaban J connectivity index is 1.46. The molecule has 1 aliphatic rings. The van der Waals surface area contributed by atoms with E-state index < -0.39 is 0 Å². The van der Waals surface area contributed by atoms with E-state index in [0.29, 0.717) is 13.0 Å². The minimum Gasteiger partial charge on any atom is -0.497 e. The molecule has 0 bridgehead atoms. The maximum atomic E-state index is 13.0. The number of nitrogens with one attached hydrogen (secondary N) is 1. The first kappa shape index (κ1) is 22.5. The maximum Gasteiger partial charge on any atom is 0.227 e. The van der Waals surface area contributed by atoms with Crippen molar-refractivity contribution in [2.24, 2.45) is 0 Å². The number of carbonyl (C=O) groups is 2. The molecule has 0 spiro atoms. The van der Waals surface area contributed by atoms with Gasteiger partial charge in [-0.05, 0) is 54.8 Å². The predicted molar refractivity (Wildman–Crippen MR) is 129 cm³/mol. The summed E-state index contributed by atoms with van der Waals surface area (Å²) >= 11 is 0. The molecule has 33 heavy (non-hydrogen) atoms. The fourth-order valence-corrected chi connectivity index (χ4v) is 4.27. The number of ether oxygens (including phenoxy) is 1. The average molecular weight is 444 g/mol. The summed E-state index contributed by atoms with van der Waals surface area (Å²) in [6.45, 7) is 2.96. The summed E-state index contributed by atoms with van der Waals surface area (Å²) in [5.41, 5.74) is 4.55. The smallest absolute Gasteiger partial charge is 0.227 e. The summed E-state index contributed by atoms with van der Waals surface area (Å²) < 4.78 is 5.20. The first-order chi connectivity index (χ1) is 16.0. The third-order valence-corrected chi connectivity index (χ3v) is 5.96. The molecule has 1 aliphatic heterocycles. The van der Waals surface area contributed by atoms with Gasteiger partial charge in [-0.1, -0.05) is 30.3 Å². The summed E-state index contributed by atoms with van der Waals surface area (Å²) in [6, 6.07) is 21.4. The molecule has 0 unspecified atom stereocenters. The van der Waals surface area contributed by atoms with E-state index in [1.807, 2.05) is 71.6 Å². The van der Waals surface area contributed by atoms with Gasteiger partial charge in [0, 0.05) is 42.9 Å². The first-order valence-corrected chi connectivity index (χ1v) is 11.3. The van der Waals surface area contributed by atoms with Crippen LogP contribution in [0.1, 0.15) is 36.9 Å². The number of amides is 2. The Hall–Kier alpha value is -3.67. The molecule has 1 atom stereocenters. The van der Waals surface area contributed by atoms with Crippen LogP contribution >= 0.6 is 0 Å². The lowest BCUT2D eigenvalue weighted by Crippen LogP contribution is -2.40. The number of piperidine rings is 1. The van der Waals surface area contributed by atoms with E-state index in [1.165, 1.54) is 6.92 Å². The SMILES string of the molecule is COc1ccc(CC(=O)N2CCC[C@@H](c3cccc(-c4cccc(NC(C)=O)c4)n3)C2)cc1. The van der Waals surface area contributed by atoms with E-state index in [9.17, 15) is 9.59 Å². The second-order valence-electron chi connectivity index (χ2n) is 8.41. The van der Waals surface area contributed by atoms with Gasteiger partial charge < -0.3 is 15.0 Å². The molecule has 0 aliphatic carbocycles. The fourth-order valence-electron chi connectivity index (χ4n) is 4.27. The highest BCUT2D eigenvalue weighted by atomic mass is 16.5. The number of hydrogen-bond donors (Lipinski definition) is 1. The van der Waals surface area contributed by atoms with Gasteiger partial charge in [0.2, 0.25) is 11.8 Å². The zero-order valence-electron chi connectivity index (χ0n) is 19.1. The monoisotopic (exact) mass is 443 g/mol. The largest absolute Gasteiger partial charge is 0.497 e. The summed E-state index contributed by atoms with van der Waals surface area (Å²) in [5, 5.41) is 2.82. The molecule has 4 rings (SSSR count). The minimum atomic E-state index is -0.101. The van der Waals surface area contributed by atoms with Gasteiger partial charge in [-0.3, -0.25) is 14.6 Å². The van der Waals surface area contributed by atoms with Gasteiger partial charge in [0.25, 0.3) is 0 Å². The van der Waals surface area contributed by atoms with Crippen LogP contribution in [-0.2, 0) is 16.0 Å². The third kappa shape index (κ3) is 5.77. The van der Waals surface area contributed by atoms with Crippen molar-refractivity contribution in [2.75, 3.05) is 25.5 Å². The lowest BCUT2D eigenvalue weighted by Gasteiger charge is -2.32. The van der Waals surface area contributed by atoms with E-state index in [4.69, 9.17) is 9.72 Å². The number of hydrogen-bond acceptors (Lipinski definition) is 4. The van der Waals surface area contributed by atoms with Crippen LogP contribution in [0.25, 0.3) is 11.3 Å². The highest BCUT2D eigenvalue weighted by Crippen LogP contribution is 2.29. The Labute approximate surface area is 194 Å². The molecule has 2 heterocycles. The number of rotatable bonds is 6. The van der Waals surface area contributed by atoms with Crippen LogP contribution in [0.3, 0.4) is 0 Å². The maximum absolute atomic E-state index is 13.0. The van der Waals surface area contributed by atoms with Gasteiger partial charge in [0.15, 0.2) is 0 Å². The summed E-state index contributed by atoms with van der Waals surface area (Å²) in [5.74, 6) is 1.04. The molecule has 1 fully saturated rings. The molecule has 6 nitrogen and oxygen atoms in total. The molecular weight excluding hydrogens is 414 g/mol. The van der Waals surface area contributed by atoms with Crippen LogP contribution in [0.2, 0.25) is 0 Å². The number of methoxy groups -OCH3 is 1. The van der Waals surface area contributed by atoms with Crippen molar-refractivity contribution in [3.05, 3.63) is 78.0 Å². The van der Waals surface area contributed by atoms with Gasteiger partial charge >= 0.3 is 0 Å². The summed E-state index contributed by atoms with van der Waals surface area (Å²) in [6.07, 6.45) is 2.36. The van der Waals surface area contributed by atoms with Crippen molar-refractivity contribution in [3.63, 3.8) is 0 Å². The van der Waals surface area contributed by atoms with E-state index in [-0.39, 0.29) is 17.7 Å². The van der Waals surface area contributed by atoms with Crippen LogP contribution in [0.4, 0.5) is 5.69 Å². The van der Waals surface area contributed by atoms with Gasteiger partial charge in [0.1, 0.15) is 5.75 Å². The zero-order valence-corrected chi connectivity index (χ0v) is 19.1. The second-order valence-corrected chi connectivity index (χ2v) is 8.41. The first-order valence-electron chi connectivity index (χ1n) is 11.3. The third-order valence-electron chi connectivity index (χ3n) is 5.96. The molecule has 2 aromatic carbocycles. The summed E-state index contributed by atoms with van der Waals surface area (Å²) in [7, 11) is 1.64. The van der Waals surface area contributed by atoms with Crippen molar-refractivity contribution < 1.29 is 14.3 Å². The molecule has 6 heteroatoms. The average Bonchev–Trinajstić information content (AvgIpc) is 2.84. The predicted octanol–water partition coefficient (Wildman–Crippen LogP) is 4.66. The highest BCUT2D eigenvalue weighted by molar-refractivity contribution is 5.89. The van der Waals surface area contributed by atoms with Gasteiger partial charge in [-0.15, -0.1) is 0 Å². The molecule has 1 aromatic heterocycles. The number of aromatic nitrogens is 1. The zero-order chi connectivity index (χ0) is 23.2. The number of benzene rings is 2. The van der Waals surface area contributed by atoms with Crippen molar-refractivity contribution in [2.45, 2.75) is 32.1 Å². The summed E-state index contributed by atoms with van der Waals surface area (Å²) in [4.78, 5) is 31.2. The number of nitrogens with zero attached hydrogens (tertiary/aromatic N) is 2. The Morgan fingerprint density at radius 1 is 1.09 bits per heavy atom. The minimum absolute atomic E-state index is 0.101. The number of pyridine rings is 1.